The van der Waals surface area contributed by atoms with Gasteiger partial charge in [0.15, 0.2) is 5.96 Å². The second kappa shape index (κ2) is 10.0. The molecule has 0 aromatic heterocycles. The molecule has 0 spiro atoms. The predicted molar refractivity (Wildman–Crippen MR) is 103 cm³/mol. The largest absolute Gasteiger partial charge is 0.497 e. The zero-order valence-electron chi connectivity index (χ0n) is 16.1. The molecular formula is C20H31N3O3. The van der Waals surface area contributed by atoms with Crippen LogP contribution in [-0.4, -0.2) is 44.1 Å². The monoisotopic (exact) mass is 361 g/mol. The van der Waals surface area contributed by atoms with Crippen molar-refractivity contribution in [3.63, 3.8) is 0 Å². The maximum atomic E-state index is 10.9. The highest BCUT2D eigenvalue weighted by Crippen LogP contribution is 2.28. The van der Waals surface area contributed by atoms with Crippen molar-refractivity contribution in [2.75, 3.05) is 20.8 Å². The Labute approximate surface area is 156 Å². The molecule has 0 radical (unpaired) electrons. The van der Waals surface area contributed by atoms with Gasteiger partial charge in [-0.15, -0.1) is 0 Å². The van der Waals surface area contributed by atoms with Gasteiger partial charge in [0.05, 0.1) is 13.2 Å². The molecule has 0 bridgehead atoms. The molecule has 0 aliphatic heterocycles. The second-order valence-electron chi connectivity index (χ2n) is 7.14. The molecule has 144 valence electrons. The van der Waals surface area contributed by atoms with Crippen molar-refractivity contribution in [3.8, 4) is 11.5 Å². The summed E-state index contributed by atoms with van der Waals surface area (Å²) >= 11 is 0. The lowest BCUT2D eigenvalue weighted by Gasteiger charge is -2.29. The number of rotatable bonds is 8. The molecule has 0 saturated heterocycles. The SMILES string of the molecule is COc1cc(C)cc(OCC(CC2CCCCC2)NC(=N)N(C)C=O)c1. The van der Waals surface area contributed by atoms with E-state index in [9.17, 15) is 4.79 Å². The van der Waals surface area contributed by atoms with Gasteiger partial charge in [-0.1, -0.05) is 32.1 Å². The fourth-order valence-corrected chi connectivity index (χ4v) is 3.45. The van der Waals surface area contributed by atoms with E-state index in [1.54, 1.807) is 14.2 Å². The molecule has 0 heterocycles. The predicted octanol–water partition coefficient (Wildman–Crippen LogP) is 3.33. The summed E-state index contributed by atoms with van der Waals surface area (Å²) in [5.41, 5.74) is 1.07. The highest BCUT2D eigenvalue weighted by Gasteiger charge is 2.21. The van der Waals surface area contributed by atoms with E-state index < -0.39 is 0 Å². The van der Waals surface area contributed by atoms with Crippen molar-refractivity contribution in [3.05, 3.63) is 23.8 Å². The van der Waals surface area contributed by atoms with Crippen molar-refractivity contribution >= 4 is 12.4 Å². The van der Waals surface area contributed by atoms with E-state index in [4.69, 9.17) is 14.9 Å². The van der Waals surface area contributed by atoms with Gasteiger partial charge >= 0.3 is 0 Å². The van der Waals surface area contributed by atoms with E-state index in [2.05, 4.69) is 5.32 Å². The van der Waals surface area contributed by atoms with Gasteiger partial charge in [-0.05, 0) is 37.0 Å². The van der Waals surface area contributed by atoms with E-state index >= 15 is 0 Å². The summed E-state index contributed by atoms with van der Waals surface area (Å²) in [6.07, 6.45) is 7.91. The number of carbonyl (C=O) groups excluding carboxylic acids is 1. The number of aryl methyl sites for hydroxylation is 1. The summed E-state index contributed by atoms with van der Waals surface area (Å²) in [4.78, 5) is 12.1. The van der Waals surface area contributed by atoms with E-state index in [1.165, 1.54) is 37.0 Å². The molecule has 6 nitrogen and oxygen atoms in total. The molecule has 1 aromatic rings. The van der Waals surface area contributed by atoms with Crippen LogP contribution in [0.4, 0.5) is 0 Å². The number of amides is 1. The Morgan fingerprint density at radius 1 is 1.31 bits per heavy atom. The number of hydrogen-bond acceptors (Lipinski definition) is 4. The van der Waals surface area contributed by atoms with Crippen LogP contribution in [0.5, 0.6) is 11.5 Å². The number of benzene rings is 1. The lowest BCUT2D eigenvalue weighted by Crippen LogP contribution is -2.46. The van der Waals surface area contributed by atoms with Crippen LogP contribution >= 0.6 is 0 Å². The third-order valence-electron chi connectivity index (χ3n) is 4.91. The summed E-state index contributed by atoms with van der Waals surface area (Å²) in [5, 5.41) is 11.2. The first-order chi connectivity index (χ1) is 12.5. The molecule has 2 rings (SSSR count). The Balaban J connectivity index is 2.00. The number of nitrogens with one attached hydrogen (secondary N) is 2. The zero-order valence-corrected chi connectivity index (χ0v) is 16.1. The van der Waals surface area contributed by atoms with Crippen LogP contribution in [0, 0.1) is 18.3 Å². The molecule has 1 unspecified atom stereocenters. The van der Waals surface area contributed by atoms with Gasteiger partial charge in [0.1, 0.15) is 18.1 Å². The van der Waals surface area contributed by atoms with Gasteiger partial charge in [0.25, 0.3) is 0 Å². The van der Waals surface area contributed by atoms with Crippen LogP contribution in [0.15, 0.2) is 18.2 Å². The Morgan fingerprint density at radius 2 is 2.00 bits per heavy atom. The minimum absolute atomic E-state index is 0.0143. The first-order valence-electron chi connectivity index (χ1n) is 9.33. The van der Waals surface area contributed by atoms with Gasteiger partial charge < -0.3 is 14.8 Å². The average Bonchev–Trinajstić information content (AvgIpc) is 2.65. The maximum Gasteiger partial charge on any atom is 0.216 e. The molecule has 1 aromatic carbocycles. The molecule has 1 atom stereocenters. The zero-order chi connectivity index (χ0) is 18.9. The Bertz CT molecular complexity index is 600. The van der Waals surface area contributed by atoms with Crippen LogP contribution in [0.2, 0.25) is 0 Å². The lowest BCUT2D eigenvalue weighted by atomic mass is 9.85. The summed E-state index contributed by atoms with van der Waals surface area (Å²) in [6, 6.07) is 5.79. The second-order valence-corrected chi connectivity index (χ2v) is 7.14. The van der Waals surface area contributed by atoms with Gasteiger partial charge in [0.2, 0.25) is 6.41 Å². The first kappa shape index (κ1) is 20.1. The Hall–Kier alpha value is -2.24. The van der Waals surface area contributed by atoms with Crippen molar-refractivity contribution in [1.29, 1.82) is 5.41 Å². The van der Waals surface area contributed by atoms with E-state index in [1.807, 2.05) is 25.1 Å². The minimum Gasteiger partial charge on any atom is -0.497 e. The van der Waals surface area contributed by atoms with Crippen LogP contribution < -0.4 is 14.8 Å². The van der Waals surface area contributed by atoms with Gasteiger partial charge in [0, 0.05) is 13.1 Å². The fraction of sp³-hybridized carbons (Fsp3) is 0.600. The van der Waals surface area contributed by atoms with Gasteiger partial charge in [-0.25, -0.2) is 0 Å². The summed E-state index contributed by atoms with van der Waals surface area (Å²) in [6.45, 7) is 2.44. The van der Waals surface area contributed by atoms with E-state index in [0.717, 1.165) is 23.5 Å². The molecule has 6 heteroatoms. The Kier molecular flexibility index (Phi) is 7.75. The lowest BCUT2D eigenvalue weighted by molar-refractivity contribution is -0.114. The van der Waals surface area contributed by atoms with Crippen LogP contribution in [0.25, 0.3) is 0 Å². The molecule has 1 fully saturated rings. The highest BCUT2D eigenvalue weighted by molar-refractivity contribution is 5.86. The number of guanidine groups is 1. The van der Waals surface area contributed by atoms with E-state index in [-0.39, 0.29) is 12.0 Å². The fourth-order valence-electron chi connectivity index (χ4n) is 3.45. The molecule has 1 saturated carbocycles. The highest BCUT2D eigenvalue weighted by atomic mass is 16.5. The quantitative estimate of drug-likeness (QED) is 0.423. The van der Waals surface area contributed by atoms with Crippen molar-refractivity contribution in [2.24, 2.45) is 5.92 Å². The topological polar surface area (TPSA) is 74.7 Å². The minimum atomic E-state index is -0.0143. The van der Waals surface area contributed by atoms with E-state index in [0.29, 0.717) is 18.9 Å². The summed E-state index contributed by atoms with van der Waals surface area (Å²) < 4.78 is 11.3. The molecule has 1 amide bonds. The molecule has 26 heavy (non-hydrogen) atoms. The van der Waals surface area contributed by atoms with Crippen LogP contribution in [-0.2, 0) is 4.79 Å². The van der Waals surface area contributed by atoms with Crippen molar-refractivity contribution in [1.82, 2.24) is 10.2 Å². The van der Waals surface area contributed by atoms with Gasteiger partial charge in [-0.3, -0.25) is 15.1 Å². The summed E-state index contributed by atoms with van der Waals surface area (Å²) in [7, 11) is 3.22. The average molecular weight is 361 g/mol. The molecule has 2 N–H and O–H groups in total. The van der Waals surface area contributed by atoms with Crippen LogP contribution in [0.1, 0.15) is 44.1 Å². The standard InChI is InChI=1S/C20H31N3O3/c1-15-9-18(25-3)12-19(10-15)26-13-17(22-20(21)23(2)14-24)11-16-7-5-4-6-8-16/h9-10,12,14,16-17H,4-8,11,13H2,1-3H3,(H2,21,22). The van der Waals surface area contributed by atoms with Crippen molar-refractivity contribution < 1.29 is 14.3 Å². The molecule has 1 aliphatic carbocycles. The summed E-state index contributed by atoms with van der Waals surface area (Å²) in [5.74, 6) is 2.27. The smallest absolute Gasteiger partial charge is 0.216 e. The number of nitrogens with zero attached hydrogens (tertiary/aromatic N) is 1. The maximum absolute atomic E-state index is 10.9. The number of ether oxygens (including phenoxy) is 2. The normalized spacial score (nSPS) is 15.8. The number of carbonyl (C=O) groups is 1. The third kappa shape index (κ3) is 6.24. The number of hydrogen-bond donors (Lipinski definition) is 2. The Morgan fingerprint density at radius 3 is 2.65 bits per heavy atom. The molecular weight excluding hydrogens is 330 g/mol. The first-order valence-corrected chi connectivity index (χ1v) is 9.33. The van der Waals surface area contributed by atoms with Gasteiger partial charge in [-0.2, -0.15) is 0 Å². The van der Waals surface area contributed by atoms with Crippen LogP contribution in [0.3, 0.4) is 0 Å². The number of methoxy groups -OCH3 is 1. The van der Waals surface area contributed by atoms with Crippen molar-refractivity contribution in [2.45, 2.75) is 51.5 Å². The third-order valence-corrected chi connectivity index (χ3v) is 4.91. The molecule has 1 aliphatic rings.